The molecule has 0 saturated carbocycles. The summed E-state index contributed by atoms with van der Waals surface area (Å²) >= 11 is 5.70. The van der Waals surface area contributed by atoms with E-state index in [1.54, 1.807) is 0 Å². The van der Waals surface area contributed by atoms with Crippen LogP contribution in [0.3, 0.4) is 0 Å². The van der Waals surface area contributed by atoms with Crippen LogP contribution < -0.4 is 5.32 Å². The summed E-state index contributed by atoms with van der Waals surface area (Å²) in [6, 6.07) is 25.0. The van der Waals surface area contributed by atoms with Crippen LogP contribution in [-0.4, -0.2) is 37.8 Å². The van der Waals surface area contributed by atoms with Crippen LogP contribution in [0.25, 0.3) is 16.5 Å². The number of fused-ring (bicyclic) bond motifs is 1. The first kappa shape index (κ1) is 19.7. The number of hydrogen-bond donors (Lipinski definition) is 2. The second-order valence-corrected chi connectivity index (χ2v) is 8.12. The Labute approximate surface area is 187 Å². The molecular weight excluding hydrogens is 404 g/mol. The maximum absolute atomic E-state index is 9.44. The van der Waals surface area contributed by atoms with E-state index in [-0.39, 0.29) is 18.7 Å². The number of thiocarbonyl (C=S) groups is 1. The Morgan fingerprint density at radius 1 is 0.968 bits per heavy atom. The van der Waals surface area contributed by atoms with Crippen LogP contribution >= 0.6 is 12.2 Å². The Morgan fingerprint density at radius 2 is 1.81 bits per heavy atom. The van der Waals surface area contributed by atoms with Gasteiger partial charge in [-0.15, -0.1) is 0 Å². The van der Waals surface area contributed by atoms with Gasteiger partial charge in [0.1, 0.15) is 0 Å². The van der Waals surface area contributed by atoms with Crippen molar-refractivity contribution in [1.82, 2.24) is 19.8 Å². The lowest BCUT2D eigenvalue weighted by atomic mass is 10.0. The zero-order chi connectivity index (χ0) is 21.2. The number of rotatable bonds is 6. The lowest BCUT2D eigenvalue weighted by Crippen LogP contribution is -2.31. The van der Waals surface area contributed by atoms with Crippen molar-refractivity contribution in [3.8, 4) is 5.69 Å². The van der Waals surface area contributed by atoms with E-state index in [9.17, 15) is 5.11 Å². The van der Waals surface area contributed by atoms with Crippen molar-refractivity contribution in [2.75, 3.05) is 13.2 Å². The van der Waals surface area contributed by atoms with E-state index in [0.29, 0.717) is 18.1 Å². The lowest BCUT2D eigenvalue weighted by molar-refractivity contribution is 0.245. The molecule has 1 fully saturated rings. The first-order valence-corrected chi connectivity index (χ1v) is 10.9. The summed E-state index contributed by atoms with van der Waals surface area (Å²) in [6.45, 7) is 0.811. The molecule has 2 atom stereocenters. The van der Waals surface area contributed by atoms with Gasteiger partial charge in [0.2, 0.25) is 0 Å². The largest absolute Gasteiger partial charge is 0.396 e. The number of hydrogen-bond acceptors (Lipinski definition) is 3. The number of aromatic nitrogens is 2. The normalized spacial score (nSPS) is 18.5. The number of nitrogens with one attached hydrogen (secondary N) is 1. The van der Waals surface area contributed by atoms with Crippen molar-refractivity contribution < 1.29 is 5.11 Å². The van der Waals surface area contributed by atoms with E-state index in [1.807, 2.05) is 24.4 Å². The van der Waals surface area contributed by atoms with E-state index >= 15 is 0 Å². The average molecular weight is 429 g/mol. The molecule has 5 nitrogen and oxygen atoms in total. The van der Waals surface area contributed by atoms with Crippen LogP contribution in [0.1, 0.15) is 29.9 Å². The highest BCUT2D eigenvalue weighted by atomic mass is 32.1. The van der Waals surface area contributed by atoms with Gasteiger partial charge in [-0.25, -0.2) is 0 Å². The minimum Gasteiger partial charge on any atom is -0.396 e. The monoisotopic (exact) mass is 428 g/mol. The van der Waals surface area contributed by atoms with Crippen LogP contribution in [-0.2, 0) is 0 Å². The van der Waals surface area contributed by atoms with Crippen molar-refractivity contribution in [3.05, 3.63) is 96.6 Å². The third-order valence-electron chi connectivity index (χ3n) is 5.85. The number of benzene rings is 2. The predicted molar refractivity (Wildman–Crippen MR) is 127 cm³/mol. The first-order chi connectivity index (χ1) is 15.3. The molecule has 2 aromatic carbocycles. The molecule has 4 aromatic rings. The molecule has 5 rings (SSSR count). The Kier molecular flexibility index (Phi) is 5.40. The molecule has 0 bridgehead atoms. The van der Waals surface area contributed by atoms with Crippen LogP contribution in [0.4, 0.5) is 0 Å². The van der Waals surface area contributed by atoms with Gasteiger partial charge in [-0.1, -0.05) is 36.4 Å². The molecule has 0 spiro atoms. The second kappa shape index (κ2) is 8.49. The summed E-state index contributed by atoms with van der Waals surface area (Å²) < 4.78 is 2.23. The molecule has 0 amide bonds. The van der Waals surface area contributed by atoms with E-state index in [2.05, 4.69) is 80.6 Å². The summed E-state index contributed by atoms with van der Waals surface area (Å²) in [5.41, 5.74) is 3.20. The molecule has 31 heavy (non-hydrogen) atoms. The van der Waals surface area contributed by atoms with Crippen molar-refractivity contribution in [2.45, 2.75) is 18.5 Å². The molecule has 0 unspecified atom stereocenters. The van der Waals surface area contributed by atoms with Crippen molar-refractivity contribution in [1.29, 1.82) is 0 Å². The molecule has 1 aliphatic rings. The second-order valence-electron chi connectivity index (χ2n) is 7.73. The Hall–Kier alpha value is -3.22. The fourth-order valence-corrected chi connectivity index (χ4v) is 4.74. The number of aliphatic hydroxyl groups is 1. The molecule has 6 heteroatoms. The molecule has 3 heterocycles. The van der Waals surface area contributed by atoms with Gasteiger partial charge in [-0.3, -0.25) is 4.98 Å². The Bertz CT molecular complexity index is 1210. The average Bonchev–Trinajstić information content (AvgIpc) is 3.42. The smallest absolute Gasteiger partial charge is 0.170 e. The molecule has 0 radical (unpaired) electrons. The van der Waals surface area contributed by atoms with Gasteiger partial charge in [0.25, 0.3) is 0 Å². The molecule has 1 aliphatic heterocycles. The molecule has 0 aliphatic carbocycles. The highest BCUT2D eigenvalue weighted by Crippen LogP contribution is 2.39. The van der Waals surface area contributed by atoms with Crippen LogP contribution in [0.15, 0.2) is 85.2 Å². The topological polar surface area (TPSA) is 53.3 Å². The Morgan fingerprint density at radius 3 is 2.61 bits per heavy atom. The van der Waals surface area contributed by atoms with Gasteiger partial charge in [-0.05, 0) is 65.8 Å². The van der Waals surface area contributed by atoms with Crippen molar-refractivity contribution in [2.24, 2.45) is 0 Å². The molecule has 2 aromatic heterocycles. The first-order valence-electron chi connectivity index (χ1n) is 10.5. The number of pyridine rings is 1. The third kappa shape index (κ3) is 3.69. The quantitative estimate of drug-likeness (QED) is 0.447. The minimum absolute atomic E-state index is 0.0320. The Balaban J connectivity index is 1.60. The summed E-state index contributed by atoms with van der Waals surface area (Å²) in [7, 11) is 0. The van der Waals surface area contributed by atoms with Gasteiger partial charge in [-0.2, -0.15) is 0 Å². The van der Waals surface area contributed by atoms with E-state index in [0.717, 1.165) is 17.1 Å². The minimum atomic E-state index is -0.0681. The highest BCUT2D eigenvalue weighted by Gasteiger charge is 2.40. The summed E-state index contributed by atoms with van der Waals surface area (Å²) in [4.78, 5) is 6.78. The SMILES string of the molecule is OCCCN1C(=S)N[C@@H](c2ccccn2)[C@H]1c1cccn1-c1ccc2ccccc2c1. The molecule has 156 valence electrons. The van der Waals surface area contributed by atoms with Crippen LogP contribution in [0, 0.1) is 0 Å². The lowest BCUT2D eigenvalue weighted by Gasteiger charge is -2.28. The van der Waals surface area contributed by atoms with Gasteiger partial charge >= 0.3 is 0 Å². The van der Waals surface area contributed by atoms with Gasteiger partial charge in [0, 0.05) is 36.9 Å². The number of aliphatic hydroxyl groups excluding tert-OH is 1. The van der Waals surface area contributed by atoms with Crippen LogP contribution in [0.5, 0.6) is 0 Å². The van der Waals surface area contributed by atoms with E-state index in [1.165, 1.54) is 10.8 Å². The number of nitrogens with zero attached hydrogens (tertiary/aromatic N) is 3. The van der Waals surface area contributed by atoms with Gasteiger partial charge < -0.3 is 19.9 Å². The fourth-order valence-electron chi connectivity index (χ4n) is 4.41. The summed E-state index contributed by atoms with van der Waals surface area (Å²) in [6.07, 6.45) is 4.57. The third-order valence-corrected chi connectivity index (χ3v) is 6.20. The van der Waals surface area contributed by atoms with Crippen molar-refractivity contribution in [3.63, 3.8) is 0 Å². The standard InChI is InChI=1S/C25H24N4OS/c30-16-6-15-29-24(23(27-25(29)31)21-9-3-4-13-26-21)22-10-5-14-28(22)20-12-11-18-7-1-2-8-19(18)17-20/h1-5,7-14,17,23-24,30H,6,15-16H2,(H,27,31)/t23-,24+/m0/s1. The molecule has 2 N–H and O–H groups in total. The summed E-state index contributed by atoms with van der Waals surface area (Å²) in [5, 5.41) is 16.0. The van der Waals surface area contributed by atoms with E-state index < -0.39 is 0 Å². The zero-order valence-electron chi connectivity index (χ0n) is 17.1. The van der Waals surface area contributed by atoms with Crippen molar-refractivity contribution >= 4 is 28.1 Å². The summed E-state index contributed by atoms with van der Waals surface area (Å²) in [5.74, 6) is 0. The maximum atomic E-state index is 9.44. The predicted octanol–water partition coefficient (Wildman–Crippen LogP) is 4.38. The van der Waals surface area contributed by atoms with E-state index in [4.69, 9.17) is 12.2 Å². The van der Waals surface area contributed by atoms with Gasteiger partial charge in [0.05, 0.1) is 17.8 Å². The van der Waals surface area contributed by atoms with Gasteiger partial charge in [0.15, 0.2) is 5.11 Å². The molecular formula is C25H24N4OS. The highest BCUT2D eigenvalue weighted by molar-refractivity contribution is 7.80. The molecule has 1 saturated heterocycles. The zero-order valence-corrected chi connectivity index (χ0v) is 17.9. The fraction of sp³-hybridized carbons (Fsp3) is 0.200. The maximum Gasteiger partial charge on any atom is 0.170 e. The van der Waals surface area contributed by atoms with Crippen LogP contribution in [0.2, 0.25) is 0 Å².